The fourth-order valence-electron chi connectivity index (χ4n) is 2.00. The predicted molar refractivity (Wildman–Crippen MR) is 92.6 cm³/mol. The molecule has 2 aromatic rings. The Bertz CT molecular complexity index is 763. The lowest BCUT2D eigenvalue weighted by Gasteiger charge is -2.10. The molecule has 0 aliphatic carbocycles. The topological polar surface area (TPSA) is 87.8 Å². The maximum absolute atomic E-state index is 11.8. The molecule has 0 aliphatic heterocycles. The average Bonchev–Trinajstić information content (AvgIpc) is 2.58. The highest BCUT2D eigenvalue weighted by molar-refractivity contribution is 6.30. The van der Waals surface area contributed by atoms with Crippen molar-refractivity contribution in [3.63, 3.8) is 0 Å². The van der Waals surface area contributed by atoms with Gasteiger partial charge in [0.2, 0.25) is 0 Å². The van der Waals surface area contributed by atoms with Gasteiger partial charge in [0.25, 0.3) is 5.91 Å². The van der Waals surface area contributed by atoms with Crippen LogP contribution in [-0.4, -0.2) is 25.1 Å². The molecule has 0 bridgehead atoms. The van der Waals surface area contributed by atoms with Crippen molar-refractivity contribution in [3.8, 4) is 11.5 Å². The SMILES string of the molecule is Cc1cc(Cl)ccc1OCC(=O)OCc1cccc(OCC(N)=O)c1. The molecule has 132 valence electrons. The number of halogens is 1. The molecule has 7 heteroatoms. The van der Waals surface area contributed by atoms with Crippen LogP contribution in [0.3, 0.4) is 0 Å². The highest BCUT2D eigenvalue weighted by Crippen LogP contribution is 2.21. The molecule has 1 amide bonds. The molecule has 2 rings (SSSR count). The Labute approximate surface area is 150 Å². The number of amides is 1. The van der Waals surface area contributed by atoms with Crippen molar-refractivity contribution in [1.82, 2.24) is 0 Å². The van der Waals surface area contributed by atoms with Gasteiger partial charge in [-0.1, -0.05) is 23.7 Å². The van der Waals surface area contributed by atoms with E-state index in [1.807, 2.05) is 6.92 Å². The highest BCUT2D eigenvalue weighted by Gasteiger charge is 2.08. The first-order chi connectivity index (χ1) is 11.9. The second-order valence-electron chi connectivity index (χ2n) is 5.26. The van der Waals surface area contributed by atoms with Crippen molar-refractivity contribution in [2.24, 2.45) is 5.73 Å². The summed E-state index contributed by atoms with van der Waals surface area (Å²) in [4.78, 5) is 22.5. The molecule has 0 aliphatic rings. The number of ether oxygens (including phenoxy) is 3. The maximum atomic E-state index is 11.8. The highest BCUT2D eigenvalue weighted by atomic mass is 35.5. The Morgan fingerprint density at radius 2 is 1.88 bits per heavy atom. The van der Waals surface area contributed by atoms with E-state index in [1.165, 1.54) is 0 Å². The molecule has 2 aromatic carbocycles. The number of primary amides is 1. The van der Waals surface area contributed by atoms with Gasteiger partial charge < -0.3 is 19.9 Å². The van der Waals surface area contributed by atoms with Crippen LogP contribution in [0.2, 0.25) is 5.02 Å². The lowest BCUT2D eigenvalue weighted by atomic mass is 10.2. The molecule has 2 N–H and O–H groups in total. The van der Waals surface area contributed by atoms with Crippen LogP contribution in [-0.2, 0) is 20.9 Å². The molecule has 0 unspecified atom stereocenters. The van der Waals surface area contributed by atoms with Crippen molar-refractivity contribution >= 4 is 23.5 Å². The minimum absolute atomic E-state index is 0.0650. The van der Waals surface area contributed by atoms with Crippen LogP contribution in [0.1, 0.15) is 11.1 Å². The van der Waals surface area contributed by atoms with Crippen LogP contribution in [0.5, 0.6) is 11.5 Å². The monoisotopic (exact) mass is 363 g/mol. The summed E-state index contributed by atoms with van der Waals surface area (Å²) in [5.74, 6) is -0.0205. The first kappa shape index (κ1) is 18.6. The van der Waals surface area contributed by atoms with Gasteiger partial charge in [-0.15, -0.1) is 0 Å². The Morgan fingerprint density at radius 1 is 1.08 bits per heavy atom. The van der Waals surface area contributed by atoms with Crippen LogP contribution in [0.25, 0.3) is 0 Å². The molecular weight excluding hydrogens is 346 g/mol. The number of aryl methyl sites for hydroxylation is 1. The summed E-state index contributed by atoms with van der Waals surface area (Å²) in [6.07, 6.45) is 0. The van der Waals surface area contributed by atoms with Crippen LogP contribution < -0.4 is 15.2 Å². The molecule has 0 heterocycles. The number of carbonyl (C=O) groups is 2. The van der Waals surface area contributed by atoms with Crippen LogP contribution in [0.4, 0.5) is 0 Å². The maximum Gasteiger partial charge on any atom is 0.344 e. The van der Waals surface area contributed by atoms with E-state index in [4.69, 9.17) is 31.5 Å². The lowest BCUT2D eigenvalue weighted by Crippen LogP contribution is -2.20. The molecule has 0 saturated heterocycles. The van der Waals surface area contributed by atoms with Crippen molar-refractivity contribution in [1.29, 1.82) is 0 Å². The van der Waals surface area contributed by atoms with Gasteiger partial charge in [0.05, 0.1) is 0 Å². The van der Waals surface area contributed by atoms with E-state index < -0.39 is 11.9 Å². The number of nitrogens with two attached hydrogens (primary N) is 1. The minimum Gasteiger partial charge on any atom is -0.484 e. The number of rotatable bonds is 8. The number of benzene rings is 2. The van der Waals surface area contributed by atoms with Crippen molar-refractivity contribution < 1.29 is 23.8 Å². The third kappa shape index (κ3) is 6.35. The standard InChI is InChI=1S/C18H18ClNO5/c1-12-7-14(19)5-6-16(12)24-11-18(22)25-9-13-3-2-4-15(8-13)23-10-17(20)21/h2-8H,9-11H2,1H3,(H2,20,21). The average molecular weight is 364 g/mol. The lowest BCUT2D eigenvalue weighted by molar-refractivity contribution is -0.147. The van der Waals surface area contributed by atoms with Crippen molar-refractivity contribution in [2.45, 2.75) is 13.5 Å². The number of carbonyl (C=O) groups excluding carboxylic acids is 2. The van der Waals surface area contributed by atoms with E-state index in [1.54, 1.807) is 42.5 Å². The predicted octanol–water partition coefficient (Wildman–Crippen LogP) is 2.63. The summed E-state index contributed by atoms with van der Waals surface area (Å²) < 4.78 is 15.8. The van der Waals surface area contributed by atoms with Gasteiger partial charge in [0, 0.05) is 5.02 Å². The second-order valence-corrected chi connectivity index (χ2v) is 5.70. The fourth-order valence-corrected chi connectivity index (χ4v) is 2.22. The Morgan fingerprint density at radius 3 is 2.60 bits per heavy atom. The Kier molecular flexibility index (Phi) is 6.65. The molecule has 0 radical (unpaired) electrons. The molecule has 0 fully saturated rings. The van der Waals surface area contributed by atoms with E-state index in [2.05, 4.69) is 0 Å². The number of esters is 1. The molecule has 0 saturated carbocycles. The van der Waals surface area contributed by atoms with E-state index in [-0.39, 0.29) is 19.8 Å². The van der Waals surface area contributed by atoms with E-state index in [0.29, 0.717) is 16.5 Å². The molecule has 0 spiro atoms. The fraction of sp³-hybridized carbons (Fsp3) is 0.222. The van der Waals surface area contributed by atoms with Gasteiger partial charge in [-0.3, -0.25) is 4.79 Å². The Hall–Kier alpha value is -2.73. The normalized spacial score (nSPS) is 10.2. The van der Waals surface area contributed by atoms with Crippen molar-refractivity contribution in [2.75, 3.05) is 13.2 Å². The molecule has 0 aromatic heterocycles. The Balaban J connectivity index is 1.81. The van der Waals surface area contributed by atoms with Crippen LogP contribution in [0, 0.1) is 6.92 Å². The first-order valence-electron chi connectivity index (χ1n) is 7.48. The van der Waals surface area contributed by atoms with Gasteiger partial charge in [-0.2, -0.15) is 0 Å². The second kappa shape index (κ2) is 8.94. The summed E-state index contributed by atoms with van der Waals surface area (Å²) in [5.41, 5.74) is 6.58. The minimum atomic E-state index is -0.563. The van der Waals surface area contributed by atoms with Crippen LogP contribution >= 0.6 is 11.6 Å². The van der Waals surface area contributed by atoms with E-state index in [0.717, 1.165) is 11.1 Å². The van der Waals surface area contributed by atoms with E-state index in [9.17, 15) is 9.59 Å². The van der Waals surface area contributed by atoms with Gasteiger partial charge >= 0.3 is 5.97 Å². The summed E-state index contributed by atoms with van der Waals surface area (Å²) in [6.45, 7) is 1.48. The zero-order chi connectivity index (χ0) is 18.2. The zero-order valence-corrected chi connectivity index (χ0v) is 14.4. The zero-order valence-electron chi connectivity index (χ0n) is 13.7. The van der Waals surface area contributed by atoms with Gasteiger partial charge in [-0.25, -0.2) is 4.79 Å². The molecular formula is C18H18ClNO5. The smallest absolute Gasteiger partial charge is 0.344 e. The number of hydrogen-bond donors (Lipinski definition) is 1. The quantitative estimate of drug-likeness (QED) is 0.728. The summed E-state index contributed by atoms with van der Waals surface area (Å²) >= 11 is 5.87. The molecule has 0 atom stereocenters. The van der Waals surface area contributed by atoms with E-state index >= 15 is 0 Å². The van der Waals surface area contributed by atoms with Gasteiger partial charge in [0.15, 0.2) is 13.2 Å². The largest absolute Gasteiger partial charge is 0.484 e. The summed E-state index contributed by atoms with van der Waals surface area (Å²) in [6, 6.07) is 12.0. The van der Waals surface area contributed by atoms with Crippen molar-refractivity contribution in [3.05, 3.63) is 58.6 Å². The van der Waals surface area contributed by atoms with Gasteiger partial charge in [-0.05, 0) is 48.4 Å². The first-order valence-corrected chi connectivity index (χ1v) is 7.86. The summed E-state index contributed by atoms with van der Waals surface area (Å²) in [5, 5.41) is 0.603. The third-order valence-electron chi connectivity index (χ3n) is 3.16. The molecule has 25 heavy (non-hydrogen) atoms. The molecule has 6 nitrogen and oxygen atoms in total. The third-order valence-corrected chi connectivity index (χ3v) is 3.40. The van der Waals surface area contributed by atoms with Gasteiger partial charge in [0.1, 0.15) is 18.1 Å². The number of hydrogen-bond acceptors (Lipinski definition) is 5. The summed E-state index contributed by atoms with van der Waals surface area (Å²) in [7, 11) is 0. The van der Waals surface area contributed by atoms with Crippen LogP contribution in [0.15, 0.2) is 42.5 Å².